The summed E-state index contributed by atoms with van der Waals surface area (Å²) in [6.45, 7) is 9.89. The highest BCUT2D eigenvalue weighted by molar-refractivity contribution is 6.53. The lowest BCUT2D eigenvalue weighted by Crippen LogP contribution is -2.26. The van der Waals surface area contributed by atoms with Crippen molar-refractivity contribution in [2.24, 2.45) is 0 Å². The first-order valence-electron chi connectivity index (χ1n) is 5.22. The third-order valence-electron chi connectivity index (χ3n) is 1.81. The topological polar surface area (TPSA) is 18.5 Å². The van der Waals surface area contributed by atoms with Crippen molar-refractivity contribution in [3.63, 3.8) is 0 Å². The maximum atomic E-state index is 5.64. The Hall–Kier alpha value is -0.123. The summed E-state index contributed by atoms with van der Waals surface area (Å²) in [7, 11) is -1.51. The minimum Gasteiger partial charge on any atom is -0.394 e. The van der Waals surface area contributed by atoms with Gasteiger partial charge >= 0.3 is 9.28 Å². The lowest BCUT2D eigenvalue weighted by molar-refractivity contribution is 0.220. The van der Waals surface area contributed by atoms with Crippen LogP contribution in [-0.2, 0) is 8.85 Å². The van der Waals surface area contributed by atoms with Crippen LogP contribution in [0.25, 0.3) is 0 Å². The highest BCUT2D eigenvalue weighted by Gasteiger charge is 2.15. The lowest BCUT2D eigenvalue weighted by Gasteiger charge is -2.16. The van der Waals surface area contributed by atoms with E-state index in [1.165, 1.54) is 5.20 Å². The maximum Gasteiger partial charge on any atom is 0.351 e. The molecule has 0 spiro atoms. The predicted octanol–water partition coefficient (Wildman–Crippen LogP) is 2.57. The summed E-state index contributed by atoms with van der Waals surface area (Å²) >= 11 is 0. The largest absolute Gasteiger partial charge is 0.394 e. The highest BCUT2D eigenvalue weighted by Crippen LogP contribution is 2.09. The summed E-state index contributed by atoms with van der Waals surface area (Å²) < 4.78 is 11.3. The van der Waals surface area contributed by atoms with Crippen LogP contribution in [0.4, 0.5) is 0 Å². The van der Waals surface area contributed by atoms with Gasteiger partial charge in [0.05, 0.1) is 0 Å². The molecule has 0 aliphatic heterocycles. The first kappa shape index (κ1) is 12.9. The Kier molecular flexibility index (Phi) is 8.39. The second-order valence-electron chi connectivity index (χ2n) is 2.78. The Labute approximate surface area is 83.8 Å². The molecule has 0 saturated heterocycles. The molecule has 3 heteroatoms. The van der Waals surface area contributed by atoms with E-state index in [4.69, 9.17) is 8.85 Å². The molecule has 0 amide bonds. The highest BCUT2D eigenvalue weighted by atomic mass is 28.3. The summed E-state index contributed by atoms with van der Waals surface area (Å²) in [5, 5.41) is 1.39. The van der Waals surface area contributed by atoms with Crippen LogP contribution in [-0.4, -0.2) is 22.5 Å². The van der Waals surface area contributed by atoms with Gasteiger partial charge in [0.2, 0.25) is 0 Å². The molecule has 0 bridgehead atoms. The molecule has 0 aliphatic carbocycles. The molecule has 0 unspecified atom stereocenters. The monoisotopic (exact) mass is 202 g/mol. The smallest absolute Gasteiger partial charge is 0.351 e. The van der Waals surface area contributed by atoms with Gasteiger partial charge in [-0.1, -0.05) is 19.9 Å². The molecule has 0 aromatic heterocycles. The molecule has 0 fully saturated rings. The fourth-order valence-corrected chi connectivity index (χ4v) is 3.13. The summed E-state index contributed by atoms with van der Waals surface area (Å²) in [4.78, 5) is 0. The van der Waals surface area contributed by atoms with Gasteiger partial charge in [0.1, 0.15) is 0 Å². The van der Waals surface area contributed by atoms with E-state index >= 15 is 0 Å². The minimum atomic E-state index is -1.51. The molecule has 0 rings (SSSR count). The predicted molar refractivity (Wildman–Crippen MR) is 59.1 cm³/mol. The van der Waals surface area contributed by atoms with E-state index in [0.29, 0.717) is 0 Å². The normalized spacial score (nSPS) is 12.5. The van der Waals surface area contributed by atoms with E-state index in [-0.39, 0.29) is 0 Å². The van der Waals surface area contributed by atoms with Crippen molar-refractivity contribution in [3.05, 3.63) is 11.3 Å². The standard InChI is InChI=1S/C10H22O2Si/c1-5-9-10(6-2)13(11-7-3)12-8-4/h9,13H,5-8H2,1-4H3. The van der Waals surface area contributed by atoms with Gasteiger partial charge in [0.25, 0.3) is 0 Å². The molecule has 0 N–H and O–H groups in total. The van der Waals surface area contributed by atoms with Crippen molar-refractivity contribution in [1.82, 2.24) is 0 Å². The molecule has 13 heavy (non-hydrogen) atoms. The summed E-state index contributed by atoms with van der Waals surface area (Å²) in [5.74, 6) is 0. The van der Waals surface area contributed by atoms with Gasteiger partial charge < -0.3 is 8.85 Å². The number of rotatable bonds is 7. The van der Waals surface area contributed by atoms with Crippen molar-refractivity contribution in [2.45, 2.75) is 40.5 Å². The van der Waals surface area contributed by atoms with Crippen molar-refractivity contribution >= 4 is 9.28 Å². The van der Waals surface area contributed by atoms with Crippen LogP contribution in [0.3, 0.4) is 0 Å². The molecule has 0 radical (unpaired) electrons. The van der Waals surface area contributed by atoms with Crippen molar-refractivity contribution in [2.75, 3.05) is 13.2 Å². The van der Waals surface area contributed by atoms with Gasteiger partial charge in [0, 0.05) is 13.2 Å². The third kappa shape index (κ3) is 5.24. The Morgan fingerprint density at radius 3 is 1.92 bits per heavy atom. The second-order valence-corrected chi connectivity index (χ2v) is 4.86. The van der Waals surface area contributed by atoms with E-state index in [1.807, 2.05) is 13.8 Å². The average molecular weight is 202 g/mol. The van der Waals surface area contributed by atoms with Crippen LogP contribution in [0.15, 0.2) is 11.3 Å². The Morgan fingerprint density at radius 2 is 1.62 bits per heavy atom. The van der Waals surface area contributed by atoms with Gasteiger partial charge in [-0.2, -0.15) is 0 Å². The van der Waals surface area contributed by atoms with Crippen LogP contribution in [0.5, 0.6) is 0 Å². The molecule has 0 aromatic rings. The van der Waals surface area contributed by atoms with Gasteiger partial charge in [0.15, 0.2) is 0 Å². The number of allylic oxidation sites excluding steroid dienone is 2. The molecule has 0 aromatic carbocycles. The molecule has 0 atom stereocenters. The van der Waals surface area contributed by atoms with Gasteiger partial charge in [-0.3, -0.25) is 0 Å². The van der Waals surface area contributed by atoms with E-state index in [0.717, 1.165) is 26.1 Å². The third-order valence-corrected chi connectivity index (χ3v) is 4.34. The quantitative estimate of drug-likeness (QED) is 0.591. The number of hydrogen-bond donors (Lipinski definition) is 0. The minimum absolute atomic E-state index is 0.762. The van der Waals surface area contributed by atoms with Crippen LogP contribution in [0, 0.1) is 0 Å². The molecule has 0 aliphatic rings. The summed E-state index contributed by atoms with van der Waals surface area (Å²) in [5.41, 5.74) is 0. The van der Waals surface area contributed by atoms with Crippen molar-refractivity contribution in [3.8, 4) is 0 Å². The maximum absolute atomic E-state index is 5.64. The summed E-state index contributed by atoms with van der Waals surface area (Å²) in [6, 6.07) is 0. The zero-order valence-electron chi connectivity index (χ0n) is 9.30. The molecular formula is C10H22O2Si. The fraction of sp³-hybridized carbons (Fsp3) is 0.800. The molecule has 2 nitrogen and oxygen atoms in total. The van der Waals surface area contributed by atoms with Crippen LogP contribution in [0.1, 0.15) is 40.5 Å². The van der Waals surface area contributed by atoms with Gasteiger partial charge in [-0.25, -0.2) is 0 Å². The zero-order chi connectivity index (χ0) is 10.1. The first-order chi connectivity index (χ1) is 6.29. The average Bonchev–Trinajstić information content (AvgIpc) is 2.14. The fourth-order valence-electron chi connectivity index (χ4n) is 1.23. The Balaban J connectivity index is 4.20. The second kappa shape index (κ2) is 8.47. The van der Waals surface area contributed by atoms with Gasteiger partial charge in [-0.15, -0.1) is 0 Å². The Bertz CT molecular complexity index is 140. The molecule has 78 valence electrons. The molecule has 0 saturated carbocycles. The van der Waals surface area contributed by atoms with E-state index < -0.39 is 9.28 Å². The van der Waals surface area contributed by atoms with Crippen LogP contribution >= 0.6 is 0 Å². The zero-order valence-corrected chi connectivity index (χ0v) is 10.5. The Morgan fingerprint density at radius 1 is 1.08 bits per heavy atom. The van der Waals surface area contributed by atoms with Gasteiger partial charge in [-0.05, 0) is 31.9 Å². The van der Waals surface area contributed by atoms with Crippen LogP contribution in [0.2, 0.25) is 0 Å². The van der Waals surface area contributed by atoms with E-state index in [2.05, 4.69) is 19.9 Å². The summed E-state index contributed by atoms with van der Waals surface area (Å²) in [6.07, 6.45) is 4.39. The molecule has 0 heterocycles. The number of hydrogen-bond acceptors (Lipinski definition) is 2. The molecular weight excluding hydrogens is 180 g/mol. The first-order valence-corrected chi connectivity index (χ1v) is 6.74. The van der Waals surface area contributed by atoms with Crippen molar-refractivity contribution < 1.29 is 8.85 Å². The van der Waals surface area contributed by atoms with E-state index in [9.17, 15) is 0 Å². The van der Waals surface area contributed by atoms with E-state index in [1.54, 1.807) is 0 Å². The lowest BCUT2D eigenvalue weighted by atomic mass is 10.3. The SMILES string of the molecule is CCC=C(CC)[SiH](OCC)OCC. The van der Waals surface area contributed by atoms with Crippen molar-refractivity contribution in [1.29, 1.82) is 0 Å². The van der Waals surface area contributed by atoms with Crippen LogP contribution < -0.4 is 0 Å².